The van der Waals surface area contributed by atoms with Gasteiger partial charge in [0.15, 0.2) is 0 Å². The summed E-state index contributed by atoms with van der Waals surface area (Å²) < 4.78 is 5.55. The van der Waals surface area contributed by atoms with Crippen LogP contribution in [-0.2, 0) is 11.3 Å². The normalized spacial score (nSPS) is 10.3. The quantitative estimate of drug-likeness (QED) is 0.863. The number of hydrogen-bond donors (Lipinski definition) is 1. The Morgan fingerprint density at radius 2 is 2.16 bits per heavy atom. The van der Waals surface area contributed by atoms with Crippen molar-refractivity contribution in [3.63, 3.8) is 0 Å². The van der Waals surface area contributed by atoms with Crippen LogP contribution in [0, 0.1) is 6.92 Å². The zero-order chi connectivity index (χ0) is 13.8. The summed E-state index contributed by atoms with van der Waals surface area (Å²) in [5, 5.41) is 3.24. The molecule has 100 valence electrons. The maximum absolute atomic E-state index is 11.7. The fraction of sp³-hybridized carbons (Fsp3) is 0.214. The highest BCUT2D eigenvalue weighted by atomic mass is 35.5. The highest BCUT2D eigenvalue weighted by Gasteiger charge is 2.12. The predicted molar refractivity (Wildman–Crippen MR) is 79.2 cm³/mol. The van der Waals surface area contributed by atoms with Gasteiger partial charge >= 0.3 is 5.97 Å². The molecule has 0 spiro atoms. The lowest BCUT2D eigenvalue weighted by Gasteiger charge is -2.10. The first-order valence-electron chi connectivity index (χ1n) is 5.77. The second kappa shape index (κ2) is 6.08. The van der Waals surface area contributed by atoms with Crippen LogP contribution in [0.1, 0.15) is 20.8 Å². The Hall–Kier alpha value is -1.52. The molecule has 0 aliphatic carbocycles. The fourth-order valence-corrected chi connectivity index (χ4v) is 2.75. The third kappa shape index (κ3) is 3.49. The number of rotatable bonds is 4. The van der Waals surface area contributed by atoms with Gasteiger partial charge in [0.1, 0.15) is 0 Å². The monoisotopic (exact) mass is 295 g/mol. The molecule has 0 atom stereocenters. The lowest BCUT2D eigenvalue weighted by Crippen LogP contribution is -2.08. The van der Waals surface area contributed by atoms with Gasteiger partial charge in [0.25, 0.3) is 0 Å². The Morgan fingerprint density at radius 3 is 2.79 bits per heavy atom. The van der Waals surface area contributed by atoms with Crippen molar-refractivity contribution >= 4 is 34.6 Å². The van der Waals surface area contributed by atoms with Crippen LogP contribution < -0.4 is 5.32 Å². The number of hydrogen-bond acceptors (Lipinski definition) is 4. The molecule has 0 radical (unpaired) electrons. The molecule has 1 aromatic carbocycles. The maximum Gasteiger partial charge on any atom is 0.339 e. The van der Waals surface area contributed by atoms with Crippen LogP contribution in [0.5, 0.6) is 0 Å². The molecule has 1 aromatic heterocycles. The van der Waals surface area contributed by atoms with Gasteiger partial charge < -0.3 is 10.1 Å². The van der Waals surface area contributed by atoms with Gasteiger partial charge in [-0.15, -0.1) is 11.3 Å². The Bertz CT molecular complexity index is 595. The molecule has 0 unspecified atom stereocenters. The van der Waals surface area contributed by atoms with Crippen molar-refractivity contribution in [3.05, 3.63) is 50.7 Å². The molecule has 3 nitrogen and oxygen atoms in total. The molecular formula is C14H14ClNO2S. The van der Waals surface area contributed by atoms with Crippen molar-refractivity contribution in [2.75, 3.05) is 12.4 Å². The number of nitrogens with one attached hydrogen (secondary N) is 1. The molecule has 1 N–H and O–H groups in total. The summed E-state index contributed by atoms with van der Waals surface area (Å²) in [6, 6.07) is 9.48. The summed E-state index contributed by atoms with van der Waals surface area (Å²) in [6.07, 6.45) is 0. The van der Waals surface area contributed by atoms with Crippen molar-refractivity contribution in [2.45, 2.75) is 13.5 Å². The van der Waals surface area contributed by atoms with E-state index in [1.54, 1.807) is 0 Å². The third-order valence-corrected chi connectivity index (χ3v) is 3.89. The molecule has 1 heterocycles. The fourth-order valence-electron chi connectivity index (χ4n) is 1.72. The number of halogens is 1. The molecule has 0 saturated heterocycles. The number of anilines is 1. The average molecular weight is 296 g/mol. The number of methoxy groups -OCH3 is 1. The highest BCUT2D eigenvalue weighted by molar-refractivity contribution is 7.16. The van der Waals surface area contributed by atoms with Gasteiger partial charge in [-0.25, -0.2) is 4.79 Å². The summed E-state index contributed by atoms with van der Waals surface area (Å²) in [7, 11) is 1.38. The van der Waals surface area contributed by atoms with E-state index in [-0.39, 0.29) is 5.97 Å². The smallest absolute Gasteiger partial charge is 0.339 e. The molecule has 0 fully saturated rings. The van der Waals surface area contributed by atoms with E-state index in [4.69, 9.17) is 16.3 Å². The molecule has 2 aromatic rings. The molecule has 19 heavy (non-hydrogen) atoms. The number of esters is 1. The highest BCUT2D eigenvalue weighted by Crippen LogP contribution is 2.24. The van der Waals surface area contributed by atoms with Crippen LogP contribution in [0.25, 0.3) is 0 Å². The minimum atomic E-state index is -0.338. The minimum absolute atomic E-state index is 0.338. The molecule has 2 rings (SSSR count). The Kier molecular flexibility index (Phi) is 4.45. The summed E-state index contributed by atoms with van der Waals surface area (Å²) in [4.78, 5) is 12.8. The van der Waals surface area contributed by atoms with E-state index in [0.717, 1.165) is 20.5 Å². The third-order valence-electron chi connectivity index (χ3n) is 2.66. The zero-order valence-electron chi connectivity index (χ0n) is 10.7. The second-order valence-corrected chi connectivity index (χ2v) is 5.90. The number of benzene rings is 1. The van der Waals surface area contributed by atoms with Crippen LogP contribution >= 0.6 is 22.9 Å². The van der Waals surface area contributed by atoms with Crippen molar-refractivity contribution < 1.29 is 9.53 Å². The number of carbonyl (C=O) groups is 1. The molecule has 0 amide bonds. The van der Waals surface area contributed by atoms with Crippen LogP contribution in [0.2, 0.25) is 4.34 Å². The molecule has 0 aliphatic heterocycles. The van der Waals surface area contributed by atoms with E-state index in [1.807, 2.05) is 37.3 Å². The van der Waals surface area contributed by atoms with Gasteiger partial charge in [-0.1, -0.05) is 23.2 Å². The summed E-state index contributed by atoms with van der Waals surface area (Å²) >= 11 is 7.40. The lowest BCUT2D eigenvalue weighted by atomic mass is 10.1. The average Bonchev–Trinajstić information content (AvgIpc) is 2.82. The number of thiophene rings is 1. The lowest BCUT2D eigenvalue weighted by molar-refractivity contribution is 0.0601. The van der Waals surface area contributed by atoms with Crippen molar-refractivity contribution in [3.8, 4) is 0 Å². The molecule has 5 heteroatoms. The Balaban J connectivity index is 2.17. The van der Waals surface area contributed by atoms with Crippen molar-refractivity contribution in [1.29, 1.82) is 0 Å². The first-order chi connectivity index (χ1) is 9.10. The van der Waals surface area contributed by atoms with Crippen LogP contribution in [0.15, 0.2) is 30.3 Å². The summed E-state index contributed by atoms with van der Waals surface area (Å²) in [5.74, 6) is -0.338. The van der Waals surface area contributed by atoms with Gasteiger partial charge in [0.2, 0.25) is 0 Å². The predicted octanol–water partition coefficient (Wildman–Crippen LogP) is 4.11. The van der Waals surface area contributed by atoms with E-state index in [0.29, 0.717) is 12.1 Å². The molecular weight excluding hydrogens is 282 g/mol. The second-order valence-electron chi connectivity index (χ2n) is 4.10. The van der Waals surface area contributed by atoms with E-state index >= 15 is 0 Å². The van der Waals surface area contributed by atoms with Crippen LogP contribution in [0.3, 0.4) is 0 Å². The van der Waals surface area contributed by atoms with Gasteiger partial charge in [0, 0.05) is 17.1 Å². The maximum atomic E-state index is 11.7. The molecule has 0 bridgehead atoms. The minimum Gasteiger partial charge on any atom is -0.465 e. The molecule has 0 aliphatic rings. The van der Waals surface area contributed by atoms with Gasteiger partial charge in [-0.3, -0.25) is 0 Å². The van der Waals surface area contributed by atoms with E-state index in [9.17, 15) is 4.79 Å². The van der Waals surface area contributed by atoms with Gasteiger partial charge in [-0.2, -0.15) is 0 Å². The first-order valence-corrected chi connectivity index (χ1v) is 6.96. The van der Waals surface area contributed by atoms with E-state index in [2.05, 4.69) is 5.32 Å². The SMILES string of the molecule is COC(=O)c1cc(C)ccc1NCc1ccc(Cl)s1. The largest absolute Gasteiger partial charge is 0.465 e. The summed E-state index contributed by atoms with van der Waals surface area (Å²) in [5.41, 5.74) is 2.33. The number of carbonyl (C=O) groups excluding carboxylic acids is 1. The Morgan fingerprint density at radius 1 is 1.37 bits per heavy atom. The van der Waals surface area contributed by atoms with Gasteiger partial charge in [0.05, 0.1) is 17.0 Å². The van der Waals surface area contributed by atoms with Gasteiger partial charge in [-0.05, 0) is 31.2 Å². The number of ether oxygens (including phenoxy) is 1. The Labute approximate surface area is 121 Å². The first kappa shape index (κ1) is 13.9. The standard InChI is InChI=1S/C14H14ClNO2S/c1-9-3-5-12(11(7-9)14(17)18-2)16-8-10-4-6-13(15)19-10/h3-7,16H,8H2,1-2H3. The zero-order valence-corrected chi connectivity index (χ0v) is 12.3. The topological polar surface area (TPSA) is 38.3 Å². The van der Waals surface area contributed by atoms with E-state index in [1.165, 1.54) is 18.4 Å². The van der Waals surface area contributed by atoms with Crippen LogP contribution in [-0.4, -0.2) is 13.1 Å². The van der Waals surface area contributed by atoms with E-state index < -0.39 is 0 Å². The summed E-state index contributed by atoms with van der Waals surface area (Å²) in [6.45, 7) is 2.57. The molecule has 0 saturated carbocycles. The number of aryl methyl sites for hydroxylation is 1. The van der Waals surface area contributed by atoms with Crippen molar-refractivity contribution in [1.82, 2.24) is 0 Å². The van der Waals surface area contributed by atoms with Crippen molar-refractivity contribution in [2.24, 2.45) is 0 Å². The van der Waals surface area contributed by atoms with Crippen LogP contribution in [0.4, 0.5) is 5.69 Å².